The molecule has 1 saturated heterocycles. The number of hydrogen-bond acceptors (Lipinski definition) is 5. The first-order valence-corrected chi connectivity index (χ1v) is 9.99. The van der Waals surface area contributed by atoms with Crippen LogP contribution in [0.25, 0.3) is 0 Å². The van der Waals surface area contributed by atoms with Crippen LogP contribution in [0.5, 0.6) is 0 Å². The molecule has 0 radical (unpaired) electrons. The molecule has 3 amide bonds. The summed E-state index contributed by atoms with van der Waals surface area (Å²) in [4.78, 5) is 40.4. The zero-order valence-corrected chi connectivity index (χ0v) is 16.3. The maximum absolute atomic E-state index is 12.8. The van der Waals surface area contributed by atoms with Crippen molar-refractivity contribution < 1.29 is 22.8 Å². The van der Waals surface area contributed by atoms with E-state index in [-0.39, 0.29) is 32.1 Å². The number of amides is 3. The molecular weight excluding hydrogens is 372 g/mol. The van der Waals surface area contributed by atoms with E-state index in [1.165, 1.54) is 30.2 Å². The van der Waals surface area contributed by atoms with Crippen LogP contribution in [0, 0.1) is 0 Å². The number of benzene rings is 1. The summed E-state index contributed by atoms with van der Waals surface area (Å²) in [5.74, 6) is -1.33. The molecule has 2 aliphatic heterocycles. The maximum Gasteiger partial charge on any atom is 0.281 e. The Morgan fingerprint density at radius 1 is 1.00 bits per heavy atom. The van der Waals surface area contributed by atoms with Crippen LogP contribution in [-0.4, -0.2) is 90.9 Å². The molecule has 0 spiro atoms. The summed E-state index contributed by atoms with van der Waals surface area (Å²) in [7, 11) is -0.618. The van der Waals surface area contributed by atoms with Crippen LogP contribution < -0.4 is 0 Å². The van der Waals surface area contributed by atoms with Gasteiger partial charge in [-0.2, -0.15) is 17.0 Å². The van der Waals surface area contributed by atoms with Gasteiger partial charge in [0.25, 0.3) is 22.0 Å². The summed E-state index contributed by atoms with van der Waals surface area (Å²) >= 11 is 0. The first-order chi connectivity index (χ1) is 12.7. The fourth-order valence-corrected chi connectivity index (χ4v) is 4.39. The van der Waals surface area contributed by atoms with E-state index >= 15 is 0 Å². The van der Waals surface area contributed by atoms with E-state index in [1.807, 2.05) is 0 Å². The summed E-state index contributed by atoms with van der Waals surface area (Å²) in [5.41, 5.74) is 0.591. The first kappa shape index (κ1) is 19.5. The van der Waals surface area contributed by atoms with E-state index in [0.29, 0.717) is 11.1 Å². The summed E-state index contributed by atoms with van der Waals surface area (Å²) in [6.07, 6.45) is 0. The second-order valence-corrected chi connectivity index (χ2v) is 8.86. The number of hydrogen-bond donors (Lipinski definition) is 0. The smallest absolute Gasteiger partial charge is 0.281 e. The molecule has 0 aliphatic carbocycles. The van der Waals surface area contributed by atoms with Crippen molar-refractivity contribution in [3.63, 3.8) is 0 Å². The molecule has 9 nitrogen and oxygen atoms in total. The molecule has 0 N–H and O–H groups in total. The quantitative estimate of drug-likeness (QED) is 0.649. The van der Waals surface area contributed by atoms with Gasteiger partial charge in [0.1, 0.15) is 6.04 Å². The predicted molar refractivity (Wildman–Crippen MR) is 97.2 cm³/mol. The number of carbonyl (C=O) groups is 3. The van der Waals surface area contributed by atoms with Crippen LogP contribution in [0.1, 0.15) is 27.6 Å². The van der Waals surface area contributed by atoms with Gasteiger partial charge in [-0.15, -0.1) is 0 Å². The molecule has 2 aliphatic rings. The third-order valence-electron chi connectivity index (χ3n) is 4.91. The van der Waals surface area contributed by atoms with Crippen molar-refractivity contribution >= 4 is 27.9 Å². The molecule has 1 atom stereocenters. The molecule has 0 bridgehead atoms. The molecule has 1 fully saturated rings. The Bertz CT molecular complexity index is 855. The van der Waals surface area contributed by atoms with Gasteiger partial charge in [0.2, 0.25) is 5.91 Å². The fourth-order valence-electron chi connectivity index (χ4n) is 3.30. The van der Waals surface area contributed by atoms with Crippen molar-refractivity contribution in [1.29, 1.82) is 0 Å². The van der Waals surface area contributed by atoms with Crippen molar-refractivity contribution in [1.82, 2.24) is 18.4 Å². The zero-order chi connectivity index (χ0) is 19.9. The van der Waals surface area contributed by atoms with Crippen molar-refractivity contribution in [2.75, 3.05) is 40.3 Å². The van der Waals surface area contributed by atoms with Crippen LogP contribution >= 0.6 is 0 Å². The fraction of sp³-hybridized carbons (Fsp3) is 0.471. The first-order valence-electron chi connectivity index (χ1n) is 8.59. The lowest BCUT2D eigenvalue weighted by Gasteiger charge is -2.37. The highest BCUT2D eigenvalue weighted by molar-refractivity contribution is 7.86. The molecule has 10 heteroatoms. The van der Waals surface area contributed by atoms with Crippen LogP contribution in [-0.2, 0) is 15.0 Å². The minimum absolute atomic E-state index is 0.168. The topological polar surface area (TPSA) is 98.3 Å². The molecule has 1 aromatic carbocycles. The van der Waals surface area contributed by atoms with Crippen LogP contribution in [0.15, 0.2) is 24.3 Å². The van der Waals surface area contributed by atoms with E-state index in [2.05, 4.69) is 0 Å². The Balaban J connectivity index is 1.69. The van der Waals surface area contributed by atoms with Gasteiger partial charge in [0.15, 0.2) is 0 Å². The lowest BCUT2D eigenvalue weighted by Crippen LogP contribution is -2.57. The standard InChI is InChI=1S/C17H22N4O5S/c1-12(21-16(23)13-6-4-5-7-14(13)17(21)24)15(22)19-8-10-20(11-9-19)27(25,26)18(2)3/h4-7,12H,8-11H2,1-3H3. The Morgan fingerprint density at radius 2 is 1.48 bits per heavy atom. The Morgan fingerprint density at radius 3 is 1.93 bits per heavy atom. The Hall–Kier alpha value is -2.30. The summed E-state index contributed by atoms with van der Waals surface area (Å²) in [5, 5.41) is 0. The molecule has 0 saturated carbocycles. The second-order valence-electron chi connectivity index (χ2n) is 6.72. The van der Waals surface area contributed by atoms with Crippen molar-refractivity contribution in [3.05, 3.63) is 35.4 Å². The van der Waals surface area contributed by atoms with Gasteiger partial charge in [-0.05, 0) is 19.1 Å². The molecular formula is C17H22N4O5S. The van der Waals surface area contributed by atoms with Crippen LogP contribution in [0.3, 0.4) is 0 Å². The minimum Gasteiger partial charge on any atom is -0.338 e. The number of nitrogens with zero attached hydrogens (tertiary/aromatic N) is 4. The van der Waals surface area contributed by atoms with E-state index < -0.39 is 28.1 Å². The molecule has 1 unspecified atom stereocenters. The SMILES string of the molecule is CC(C(=O)N1CCN(S(=O)(=O)N(C)C)CC1)N1C(=O)c2ccccc2C1=O. The highest BCUT2D eigenvalue weighted by atomic mass is 32.2. The number of rotatable bonds is 4. The highest BCUT2D eigenvalue weighted by Crippen LogP contribution is 2.25. The van der Waals surface area contributed by atoms with E-state index in [4.69, 9.17) is 0 Å². The van der Waals surface area contributed by atoms with Gasteiger partial charge in [-0.1, -0.05) is 12.1 Å². The largest absolute Gasteiger partial charge is 0.338 e. The molecule has 27 heavy (non-hydrogen) atoms. The molecule has 0 aromatic heterocycles. The summed E-state index contributed by atoms with van der Waals surface area (Å²) < 4.78 is 26.8. The van der Waals surface area contributed by atoms with Gasteiger partial charge >= 0.3 is 0 Å². The van der Waals surface area contributed by atoms with Gasteiger partial charge in [-0.3, -0.25) is 19.3 Å². The number of imide groups is 1. The Labute approximate surface area is 158 Å². The molecule has 3 rings (SSSR count). The second kappa shape index (κ2) is 7.02. The average Bonchev–Trinajstić information content (AvgIpc) is 2.91. The van der Waals surface area contributed by atoms with E-state index in [9.17, 15) is 22.8 Å². The van der Waals surface area contributed by atoms with Crippen LogP contribution in [0.4, 0.5) is 0 Å². The molecule has 1 aromatic rings. The third-order valence-corrected chi connectivity index (χ3v) is 6.85. The predicted octanol–water partition coefficient (Wildman–Crippen LogP) is -0.378. The van der Waals surface area contributed by atoms with E-state index in [1.54, 1.807) is 24.3 Å². The maximum atomic E-state index is 12.8. The van der Waals surface area contributed by atoms with Crippen LogP contribution in [0.2, 0.25) is 0 Å². The lowest BCUT2D eigenvalue weighted by atomic mass is 10.1. The normalized spacial score (nSPS) is 19.6. The summed E-state index contributed by atoms with van der Waals surface area (Å²) in [6, 6.07) is 5.53. The average molecular weight is 394 g/mol. The van der Waals surface area contributed by atoms with Gasteiger partial charge in [0, 0.05) is 40.3 Å². The number of piperazine rings is 1. The van der Waals surface area contributed by atoms with Gasteiger partial charge in [-0.25, -0.2) is 0 Å². The van der Waals surface area contributed by atoms with E-state index in [0.717, 1.165) is 9.21 Å². The van der Waals surface area contributed by atoms with Crippen molar-refractivity contribution in [2.24, 2.45) is 0 Å². The highest BCUT2D eigenvalue weighted by Gasteiger charge is 2.42. The molecule has 2 heterocycles. The van der Waals surface area contributed by atoms with Gasteiger partial charge < -0.3 is 4.90 Å². The van der Waals surface area contributed by atoms with Crippen molar-refractivity contribution in [2.45, 2.75) is 13.0 Å². The molecule has 146 valence electrons. The summed E-state index contributed by atoms with van der Waals surface area (Å²) in [6.45, 7) is 2.27. The Kier molecular flexibility index (Phi) is 5.06. The van der Waals surface area contributed by atoms with Crippen molar-refractivity contribution in [3.8, 4) is 0 Å². The number of fused-ring (bicyclic) bond motifs is 1. The lowest BCUT2D eigenvalue weighted by molar-refractivity contribution is -0.136. The van der Waals surface area contributed by atoms with Gasteiger partial charge in [0.05, 0.1) is 11.1 Å². The zero-order valence-electron chi connectivity index (χ0n) is 15.5. The minimum atomic E-state index is -3.53. The third kappa shape index (κ3) is 3.24. The number of carbonyl (C=O) groups excluding carboxylic acids is 3. The monoisotopic (exact) mass is 394 g/mol.